The van der Waals surface area contributed by atoms with Crippen molar-refractivity contribution in [2.75, 3.05) is 19.8 Å². The van der Waals surface area contributed by atoms with Gasteiger partial charge in [-0.2, -0.15) is 0 Å². The van der Waals surface area contributed by atoms with Crippen LogP contribution in [0.2, 0.25) is 0 Å². The Morgan fingerprint density at radius 2 is 1.96 bits per heavy atom. The smallest absolute Gasteiger partial charge is 0.126 e. The molecule has 4 heterocycles. The van der Waals surface area contributed by atoms with Crippen molar-refractivity contribution in [1.29, 1.82) is 0 Å². The van der Waals surface area contributed by atoms with Gasteiger partial charge in [0.2, 0.25) is 0 Å². The maximum atomic E-state index is 5.89. The second kappa shape index (κ2) is 7.64. The van der Waals surface area contributed by atoms with Gasteiger partial charge in [0.05, 0.1) is 31.1 Å². The summed E-state index contributed by atoms with van der Waals surface area (Å²) in [4.78, 5) is 11.3. The number of fused-ring (bicyclic) bond motifs is 1. The van der Waals surface area contributed by atoms with Crippen molar-refractivity contribution in [2.45, 2.75) is 51.6 Å². The number of pyridine rings is 1. The summed E-state index contributed by atoms with van der Waals surface area (Å²) in [5, 5.41) is 0. The quantitative estimate of drug-likeness (QED) is 0.836. The Kier molecular flexibility index (Phi) is 5.10. The first kappa shape index (κ1) is 16.7. The molecule has 134 valence electrons. The van der Waals surface area contributed by atoms with Crippen LogP contribution in [0.4, 0.5) is 0 Å². The van der Waals surface area contributed by atoms with Gasteiger partial charge in [-0.3, -0.25) is 9.88 Å². The number of hydrogen-bond acceptors (Lipinski definition) is 5. The molecule has 2 aromatic heterocycles. The van der Waals surface area contributed by atoms with Crippen LogP contribution >= 0.6 is 0 Å². The average molecular weight is 342 g/mol. The van der Waals surface area contributed by atoms with E-state index in [9.17, 15) is 0 Å². The molecule has 0 saturated carbocycles. The fraction of sp³-hybridized carbons (Fsp3) is 0.579. The normalized spacial score (nSPS) is 22.0. The van der Waals surface area contributed by atoms with Gasteiger partial charge in [0.1, 0.15) is 5.82 Å². The molecular weight excluding hydrogens is 316 g/mol. The summed E-state index contributed by atoms with van der Waals surface area (Å²) in [6.07, 6.45) is 7.84. The average Bonchev–Trinajstić information content (AvgIpc) is 3.08. The molecule has 2 aliphatic heterocycles. The number of aromatic nitrogens is 3. The molecule has 1 atom stereocenters. The second-order valence-electron chi connectivity index (χ2n) is 6.86. The monoisotopic (exact) mass is 342 g/mol. The van der Waals surface area contributed by atoms with Crippen molar-refractivity contribution in [2.24, 2.45) is 0 Å². The fourth-order valence-electron chi connectivity index (χ4n) is 3.96. The molecule has 0 aromatic carbocycles. The van der Waals surface area contributed by atoms with Crippen molar-refractivity contribution >= 4 is 0 Å². The molecule has 0 unspecified atom stereocenters. The van der Waals surface area contributed by atoms with E-state index in [1.54, 1.807) is 12.4 Å². The SMILES string of the molecule is C[C@@H]1c2ncc(COCc3ccncc3)n2CCN1C1CCOCC1. The molecule has 6 heteroatoms. The Labute approximate surface area is 148 Å². The van der Waals surface area contributed by atoms with Crippen molar-refractivity contribution in [3.63, 3.8) is 0 Å². The van der Waals surface area contributed by atoms with Crippen LogP contribution in [0.3, 0.4) is 0 Å². The predicted molar refractivity (Wildman–Crippen MR) is 93.9 cm³/mol. The Morgan fingerprint density at radius 3 is 2.76 bits per heavy atom. The summed E-state index contributed by atoms with van der Waals surface area (Å²) in [5.74, 6) is 1.17. The van der Waals surface area contributed by atoms with Gasteiger partial charge in [0, 0.05) is 44.7 Å². The lowest BCUT2D eigenvalue weighted by Crippen LogP contribution is -2.46. The van der Waals surface area contributed by atoms with E-state index in [1.165, 1.54) is 11.5 Å². The highest BCUT2D eigenvalue weighted by molar-refractivity contribution is 5.12. The Hall–Kier alpha value is -1.76. The first-order valence-electron chi connectivity index (χ1n) is 9.17. The van der Waals surface area contributed by atoms with E-state index < -0.39 is 0 Å². The summed E-state index contributed by atoms with van der Waals surface area (Å²) in [6, 6.07) is 4.95. The Balaban J connectivity index is 1.39. The van der Waals surface area contributed by atoms with E-state index in [2.05, 4.69) is 21.4 Å². The summed E-state index contributed by atoms with van der Waals surface area (Å²) < 4.78 is 13.7. The predicted octanol–water partition coefficient (Wildman–Crippen LogP) is 2.55. The zero-order valence-electron chi connectivity index (χ0n) is 14.8. The molecule has 0 N–H and O–H groups in total. The van der Waals surface area contributed by atoms with Crippen LogP contribution in [0.5, 0.6) is 0 Å². The van der Waals surface area contributed by atoms with E-state index in [4.69, 9.17) is 14.5 Å². The first-order valence-corrected chi connectivity index (χ1v) is 9.17. The van der Waals surface area contributed by atoms with Crippen LogP contribution in [0, 0.1) is 0 Å². The van der Waals surface area contributed by atoms with Gasteiger partial charge in [0.25, 0.3) is 0 Å². The first-order chi connectivity index (χ1) is 12.3. The highest BCUT2D eigenvalue weighted by atomic mass is 16.5. The number of imidazole rings is 1. The number of hydrogen-bond donors (Lipinski definition) is 0. The molecule has 2 aliphatic rings. The van der Waals surface area contributed by atoms with Gasteiger partial charge >= 0.3 is 0 Å². The highest BCUT2D eigenvalue weighted by Crippen LogP contribution is 2.30. The lowest BCUT2D eigenvalue weighted by Gasteiger charge is -2.41. The van der Waals surface area contributed by atoms with Crippen molar-refractivity contribution in [3.05, 3.63) is 47.8 Å². The summed E-state index contributed by atoms with van der Waals surface area (Å²) >= 11 is 0. The van der Waals surface area contributed by atoms with Crippen LogP contribution in [0.25, 0.3) is 0 Å². The van der Waals surface area contributed by atoms with E-state index >= 15 is 0 Å². The van der Waals surface area contributed by atoms with E-state index in [-0.39, 0.29) is 0 Å². The fourth-order valence-corrected chi connectivity index (χ4v) is 3.96. The van der Waals surface area contributed by atoms with Gasteiger partial charge in [0.15, 0.2) is 0 Å². The molecule has 2 aromatic rings. The van der Waals surface area contributed by atoms with E-state index in [0.29, 0.717) is 25.3 Å². The van der Waals surface area contributed by atoms with Crippen LogP contribution in [0.15, 0.2) is 30.7 Å². The van der Waals surface area contributed by atoms with Crippen molar-refractivity contribution in [1.82, 2.24) is 19.4 Å². The maximum Gasteiger partial charge on any atom is 0.126 e. The highest BCUT2D eigenvalue weighted by Gasteiger charge is 2.32. The van der Waals surface area contributed by atoms with Crippen LogP contribution < -0.4 is 0 Å². The van der Waals surface area contributed by atoms with E-state index in [1.807, 2.05) is 18.3 Å². The van der Waals surface area contributed by atoms with Gasteiger partial charge in [-0.1, -0.05) is 0 Å². The zero-order chi connectivity index (χ0) is 17.1. The second-order valence-corrected chi connectivity index (χ2v) is 6.86. The minimum Gasteiger partial charge on any atom is -0.381 e. The summed E-state index contributed by atoms with van der Waals surface area (Å²) in [5.41, 5.74) is 2.31. The number of nitrogens with zero attached hydrogens (tertiary/aromatic N) is 4. The molecule has 1 saturated heterocycles. The summed E-state index contributed by atoms with van der Waals surface area (Å²) in [6.45, 7) is 7.31. The van der Waals surface area contributed by atoms with Gasteiger partial charge in [-0.25, -0.2) is 4.98 Å². The molecule has 0 aliphatic carbocycles. The van der Waals surface area contributed by atoms with Crippen molar-refractivity contribution < 1.29 is 9.47 Å². The van der Waals surface area contributed by atoms with Crippen LogP contribution in [-0.4, -0.2) is 45.2 Å². The minimum absolute atomic E-state index is 0.353. The Morgan fingerprint density at radius 1 is 1.16 bits per heavy atom. The third kappa shape index (κ3) is 3.61. The number of ether oxygens (including phenoxy) is 2. The zero-order valence-corrected chi connectivity index (χ0v) is 14.8. The molecule has 0 spiro atoms. The standard InChI is InChI=1S/C19H26N4O2/c1-15-19-21-12-18(14-25-13-16-2-6-20-7-3-16)23(19)9-8-22(15)17-4-10-24-11-5-17/h2-3,6-7,12,15,17H,4-5,8-11,13-14H2,1H3/t15-/m1/s1. The van der Waals surface area contributed by atoms with Crippen LogP contribution in [-0.2, 0) is 29.2 Å². The van der Waals surface area contributed by atoms with Gasteiger partial charge < -0.3 is 14.0 Å². The summed E-state index contributed by atoms with van der Waals surface area (Å²) in [7, 11) is 0. The molecule has 1 fully saturated rings. The molecule has 4 rings (SSSR count). The molecule has 25 heavy (non-hydrogen) atoms. The topological polar surface area (TPSA) is 52.4 Å². The van der Waals surface area contributed by atoms with E-state index in [0.717, 1.165) is 44.7 Å². The number of rotatable bonds is 5. The van der Waals surface area contributed by atoms with Gasteiger partial charge in [-0.05, 0) is 37.5 Å². The maximum absolute atomic E-state index is 5.89. The minimum atomic E-state index is 0.353. The largest absolute Gasteiger partial charge is 0.381 e. The Bertz CT molecular complexity index is 682. The van der Waals surface area contributed by atoms with Crippen LogP contribution in [0.1, 0.15) is 42.9 Å². The third-order valence-corrected chi connectivity index (χ3v) is 5.35. The lowest BCUT2D eigenvalue weighted by atomic mass is 10.0. The molecule has 0 radical (unpaired) electrons. The molecular formula is C19H26N4O2. The molecule has 0 amide bonds. The molecule has 0 bridgehead atoms. The lowest BCUT2D eigenvalue weighted by molar-refractivity contribution is 0.00801. The third-order valence-electron chi connectivity index (χ3n) is 5.35. The molecule has 6 nitrogen and oxygen atoms in total. The van der Waals surface area contributed by atoms with Gasteiger partial charge in [-0.15, -0.1) is 0 Å². The van der Waals surface area contributed by atoms with Crippen molar-refractivity contribution in [3.8, 4) is 0 Å².